The summed E-state index contributed by atoms with van der Waals surface area (Å²) in [6, 6.07) is 18.4. The van der Waals surface area contributed by atoms with Gasteiger partial charge < -0.3 is 10.1 Å². The molecule has 0 aliphatic heterocycles. The van der Waals surface area contributed by atoms with Crippen molar-refractivity contribution >= 4 is 23.6 Å². The zero-order chi connectivity index (χ0) is 19.5. The molecule has 0 spiro atoms. The van der Waals surface area contributed by atoms with E-state index in [0.717, 1.165) is 16.9 Å². The maximum Gasteiger partial charge on any atom is 0.329 e. The number of amides is 1. The van der Waals surface area contributed by atoms with Gasteiger partial charge in [-0.3, -0.25) is 4.79 Å². The van der Waals surface area contributed by atoms with Crippen LogP contribution in [0.3, 0.4) is 0 Å². The standard InChI is InChI=1S/C22H23NO3S/c1-17(2)26-22(25)20(16-27-15-19-11-7-4-8-12-19)23-21(24)14-13-18-9-5-3-6-10-18/h3-12,17,20H,15-16H2,1-2H3,(H,23,24)/t20-/m0/s1. The van der Waals surface area contributed by atoms with Gasteiger partial charge in [-0.15, -0.1) is 0 Å². The van der Waals surface area contributed by atoms with Crippen LogP contribution >= 0.6 is 11.8 Å². The summed E-state index contributed by atoms with van der Waals surface area (Å²) < 4.78 is 5.26. The molecule has 2 rings (SSSR count). The van der Waals surface area contributed by atoms with Gasteiger partial charge in [0, 0.05) is 23.0 Å². The van der Waals surface area contributed by atoms with Gasteiger partial charge in [0.2, 0.25) is 0 Å². The highest BCUT2D eigenvalue weighted by Crippen LogP contribution is 2.13. The second-order valence-electron chi connectivity index (χ2n) is 6.13. The molecule has 0 unspecified atom stereocenters. The average Bonchev–Trinajstić information content (AvgIpc) is 2.66. The SMILES string of the molecule is CC(C)OC(=O)[C@H](CSCc1ccccc1)NC(=O)C#Cc1ccccc1. The van der Waals surface area contributed by atoms with E-state index in [9.17, 15) is 9.59 Å². The molecular weight excluding hydrogens is 358 g/mol. The number of hydrogen-bond acceptors (Lipinski definition) is 4. The van der Waals surface area contributed by atoms with Gasteiger partial charge >= 0.3 is 5.97 Å². The Hall–Kier alpha value is -2.71. The first kappa shape index (κ1) is 20.6. The molecule has 2 aromatic carbocycles. The number of hydrogen-bond donors (Lipinski definition) is 1. The molecule has 1 atom stereocenters. The van der Waals surface area contributed by atoms with E-state index in [2.05, 4.69) is 17.2 Å². The first-order chi connectivity index (χ1) is 13.0. The summed E-state index contributed by atoms with van der Waals surface area (Å²) in [6.45, 7) is 3.56. The van der Waals surface area contributed by atoms with Crippen molar-refractivity contribution in [2.75, 3.05) is 5.75 Å². The summed E-state index contributed by atoms with van der Waals surface area (Å²) in [6.07, 6.45) is -0.244. The van der Waals surface area contributed by atoms with Crippen LogP contribution in [0.1, 0.15) is 25.0 Å². The van der Waals surface area contributed by atoms with Crippen molar-refractivity contribution in [2.45, 2.75) is 31.7 Å². The number of ether oxygens (including phenoxy) is 1. The van der Waals surface area contributed by atoms with Gasteiger partial charge in [-0.05, 0) is 31.5 Å². The predicted molar refractivity (Wildman–Crippen MR) is 109 cm³/mol. The van der Waals surface area contributed by atoms with Gasteiger partial charge in [-0.2, -0.15) is 11.8 Å². The topological polar surface area (TPSA) is 55.4 Å². The summed E-state index contributed by atoms with van der Waals surface area (Å²) in [4.78, 5) is 24.5. The minimum absolute atomic E-state index is 0.244. The Morgan fingerprint density at radius 1 is 1.04 bits per heavy atom. The molecule has 1 N–H and O–H groups in total. The van der Waals surface area contributed by atoms with Crippen molar-refractivity contribution in [3.05, 3.63) is 71.8 Å². The lowest BCUT2D eigenvalue weighted by atomic mass is 10.2. The smallest absolute Gasteiger partial charge is 0.329 e. The highest BCUT2D eigenvalue weighted by Gasteiger charge is 2.22. The fourth-order valence-electron chi connectivity index (χ4n) is 2.20. The monoisotopic (exact) mass is 381 g/mol. The highest BCUT2D eigenvalue weighted by molar-refractivity contribution is 7.98. The van der Waals surface area contributed by atoms with Crippen LogP contribution in [-0.2, 0) is 20.1 Å². The molecule has 0 saturated heterocycles. The van der Waals surface area contributed by atoms with E-state index >= 15 is 0 Å². The highest BCUT2D eigenvalue weighted by atomic mass is 32.2. The Morgan fingerprint density at radius 2 is 1.67 bits per heavy atom. The van der Waals surface area contributed by atoms with E-state index in [1.807, 2.05) is 60.7 Å². The van der Waals surface area contributed by atoms with E-state index in [4.69, 9.17) is 4.74 Å². The van der Waals surface area contributed by atoms with Crippen LogP contribution in [0.15, 0.2) is 60.7 Å². The van der Waals surface area contributed by atoms with Gasteiger partial charge in [0.1, 0.15) is 6.04 Å². The van der Waals surface area contributed by atoms with Crippen LogP contribution in [0.25, 0.3) is 0 Å². The van der Waals surface area contributed by atoms with Crippen molar-refractivity contribution in [3.63, 3.8) is 0 Å². The van der Waals surface area contributed by atoms with Crippen LogP contribution in [0.5, 0.6) is 0 Å². The van der Waals surface area contributed by atoms with Crippen molar-refractivity contribution in [1.82, 2.24) is 5.32 Å². The van der Waals surface area contributed by atoms with Crippen LogP contribution in [0.4, 0.5) is 0 Å². The van der Waals surface area contributed by atoms with Crippen molar-refractivity contribution < 1.29 is 14.3 Å². The Kier molecular flexibility index (Phi) is 8.47. The molecule has 0 radical (unpaired) electrons. The van der Waals surface area contributed by atoms with E-state index in [0.29, 0.717) is 5.75 Å². The lowest BCUT2D eigenvalue weighted by Gasteiger charge is -2.17. The Bertz CT molecular complexity index is 795. The summed E-state index contributed by atoms with van der Waals surface area (Å²) in [7, 11) is 0. The lowest BCUT2D eigenvalue weighted by molar-refractivity contribution is -0.150. The van der Waals surface area contributed by atoms with Gasteiger partial charge in [0.25, 0.3) is 5.91 Å². The first-order valence-electron chi connectivity index (χ1n) is 8.74. The summed E-state index contributed by atoms with van der Waals surface area (Å²) >= 11 is 1.56. The Balaban J connectivity index is 1.95. The zero-order valence-corrected chi connectivity index (χ0v) is 16.3. The molecule has 4 nitrogen and oxygen atoms in total. The Labute approximate surface area is 164 Å². The van der Waals surface area contributed by atoms with Crippen molar-refractivity contribution in [2.24, 2.45) is 0 Å². The van der Waals surface area contributed by atoms with E-state index < -0.39 is 17.9 Å². The largest absolute Gasteiger partial charge is 0.461 e. The fourth-order valence-corrected chi connectivity index (χ4v) is 3.20. The molecule has 0 heterocycles. The summed E-state index contributed by atoms with van der Waals surface area (Å²) in [5.41, 5.74) is 1.90. The van der Waals surface area contributed by atoms with Crippen LogP contribution < -0.4 is 5.32 Å². The molecule has 0 aliphatic carbocycles. The van der Waals surface area contributed by atoms with Crippen LogP contribution in [0.2, 0.25) is 0 Å². The normalized spacial score (nSPS) is 11.2. The maximum atomic E-state index is 12.3. The van der Waals surface area contributed by atoms with E-state index in [1.54, 1.807) is 25.6 Å². The van der Waals surface area contributed by atoms with E-state index in [1.165, 1.54) is 0 Å². The van der Waals surface area contributed by atoms with Crippen molar-refractivity contribution in [3.8, 4) is 11.8 Å². The second-order valence-corrected chi connectivity index (χ2v) is 7.16. The van der Waals surface area contributed by atoms with Crippen LogP contribution in [0, 0.1) is 11.8 Å². The molecule has 0 fully saturated rings. The minimum atomic E-state index is -0.737. The van der Waals surface area contributed by atoms with Gasteiger partial charge in [0.05, 0.1) is 6.10 Å². The fraction of sp³-hybridized carbons (Fsp3) is 0.273. The van der Waals surface area contributed by atoms with Gasteiger partial charge in [-0.25, -0.2) is 4.79 Å². The molecule has 0 aromatic heterocycles. The minimum Gasteiger partial charge on any atom is -0.461 e. The predicted octanol–water partition coefficient (Wildman–Crippen LogP) is 3.41. The quantitative estimate of drug-likeness (QED) is 0.590. The Morgan fingerprint density at radius 3 is 2.30 bits per heavy atom. The number of thioether (sulfide) groups is 1. The first-order valence-corrected chi connectivity index (χ1v) is 9.90. The molecule has 0 aliphatic rings. The van der Waals surface area contributed by atoms with Gasteiger partial charge in [0.15, 0.2) is 0 Å². The van der Waals surface area contributed by atoms with E-state index in [-0.39, 0.29) is 6.10 Å². The number of benzene rings is 2. The zero-order valence-electron chi connectivity index (χ0n) is 15.5. The summed E-state index contributed by atoms with van der Waals surface area (Å²) in [5, 5.41) is 2.67. The second kappa shape index (κ2) is 11.1. The number of rotatable bonds is 7. The molecule has 0 saturated carbocycles. The third-order valence-corrected chi connectivity index (χ3v) is 4.54. The lowest BCUT2D eigenvalue weighted by Crippen LogP contribution is -2.44. The summed E-state index contributed by atoms with van der Waals surface area (Å²) in [5.74, 6) is 5.54. The van der Waals surface area contributed by atoms with Crippen molar-refractivity contribution in [1.29, 1.82) is 0 Å². The van der Waals surface area contributed by atoms with Gasteiger partial charge in [-0.1, -0.05) is 54.5 Å². The third kappa shape index (κ3) is 8.02. The molecule has 140 valence electrons. The molecular formula is C22H23NO3S. The third-order valence-electron chi connectivity index (χ3n) is 3.43. The molecule has 27 heavy (non-hydrogen) atoms. The molecule has 1 amide bonds. The number of esters is 1. The molecule has 0 bridgehead atoms. The molecule has 5 heteroatoms. The average molecular weight is 381 g/mol. The maximum absolute atomic E-state index is 12.3. The number of carbonyl (C=O) groups excluding carboxylic acids is 2. The number of nitrogens with one attached hydrogen (secondary N) is 1. The number of carbonyl (C=O) groups is 2. The molecule has 2 aromatic rings. The van der Waals surface area contributed by atoms with Crippen LogP contribution in [-0.4, -0.2) is 29.8 Å².